The van der Waals surface area contributed by atoms with Crippen LogP contribution in [0.25, 0.3) is 0 Å². The van der Waals surface area contributed by atoms with Gasteiger partial charge in [0.2, 0.25) is 0 Å². The quantitative estimate of drug-likeness (QED) is 0.566. The van der Waals surface area contributed by atoms with Crippen LogP contribution < -0.4 is 5.73 Å². The summed E-state index contributed by atoms with van der Waals surface area (Å²) in [5.74, 6) is 0. The number of hydrogen-bond acceptors (Lipinski definition) is 1. The molecular weight excluding hydrogens is 110 g/mol. The van der Waals surface area contributed by atoms with E-state index in [1.807, 2.05) is 0 Å². The lowest BCUT2D eigenvalue weighted by molar-refractivity contribution is 0.147. The molecule has 0 spiro atoms. The Hall–Kier alpha value is -0.0400. The van der Waals surface area contributed by atoms with Crippen molar-refractivity contribution < 1.29 is 0 Å². The van der Waals surface area contributed by atoms with E-state index in [0.717, 1.165) is 0 Å². The van der Waals surface area contributed by atoms with Crippen LogP contribution in [0.1, 0.15) is 39.0 Å². The van der Waals surface area contributed by atoms with Crippen LogP contribution in [0.5, 0.6) is 0 Å². The average molecular weight is 125 g/mol. The van der Waals surface area contributed by atoms with Gasteiger partial charge in [-0.1, -0.05) is 6.92 Å². The third kappa shape index (κ3) is 0.586. The van der Waals surface area contributed by atoms with Crippen LogP contribution in [-0.4, -0.2) is 5.54 Å². The van der Waals surface area contributed by atoms with E-state index in [2.05, 4.69) is 6.92 Å². The molecule has 9 heavy (non-hydrogen) atoms. The third-order valence-electron chi connectivity index (χ3n) is 3.45. The maximum absolute atomic E-state index is 6.14. The first-order valence-electron chi connectivity index (χ1n) is 3.95. The molecule has 2 N–H and O–H groups in total. The van der Waals surface area contributed by atoms with Gasteiger partial charge in [0.25, 0.3) is 0 Å². The maximum Gasteiger partial charge on any atom is 0.0208 e. The van der Waals surface area contributed by atoms with Crippen molar-refractivity contribution in [2.24, 2.45) is 11.1 Å². The van der Waals surface area contributed by atoms with Crippen LogP contribution in [0.15, 0.2) is 0 Å². The summed E-state index contributed by atoms with van der Waals surface area (Å²) < 4.78 is 0. The fourth-order valence-electron chi connectivity index (χ4n) is 1.85. The molecule has 2 aliphatic rings. The predicted octanol–water partition coefficient (Wildman–Crippen LogP) is 1.67. The fourth-order valence-corrected chi connectivity index (χ4v) is 1.85. The molecule has 0 amide bonds. The zero-order valence-corrected chi connectivity index (χ0v) is 6.11. The standard InChI is InChI=1S/C8H15N/c1-7(5-6-7)8(9)3-2-4-8/h2-6,9H2,1H3. The van der Waals surface area contributed by atoms with Gasteiger partial charge in [-0.2, -0.15) is 0 Å². The zero-order valence-electron chi connectivity index (χ0n) is 6.11. The Labute approximate surface area is 56.6 Å². The van der Waals surface area contributed by atoms with Crippen LogP contribution in [-0.2, 0) is 0 Å². The molecule has 2 saturated carbocycles. The van der Waals surface area contributed by atoms with E-state index in [0.29, 0.717) is 5.41 Å². The highest BCUT2D eigenvalue weighted by Crippen LogP contribution is 2.59. The van der Waals surface area contributed by atoms with E-state index in [9.17, 15) is 0 Å². The summed E-state index contributed by atoms with van der Waals surface area (Å²) in [6.07, 6.45) is 6.69. The molecule has 0 bridgehead atoms. The Kier molecular flexibility index (Phi) is 0.852. The van der Waals surface area contributed by atoms with Crippen molar-refractivity contribution in [1.82, 2.24) is 0 Å². The second kappa shape index (κ2) is 1.34. The Bertz CT molecular complexity index is 132. The first-order chi connectivity index (χ1) is 4.16. The van der Waals surface area contributed by atoms with Crippen LogP contribution in [0.4, 0.5) is 0 Å². The Morgan fingerprint density at radius 1 is 1.11 bits per heavy atom. The Balaban J connectivity index is 2.11. The summed E-state index contributed by atoms with van der Waals surface area (Å²) in [6, 6.07) is 0. The second-order valence-electron chi connectivity index (χ2n) is 4.07. The van der Waals surface area contributed by atoms with Gasteiger partial charge in [0, 0.05) is 5.54 Å². The van der Waals surface area contributed by atoms with Crippen LogP contribution in [0, 0.1) is 5.41 Å². The molecule has 0 aromatic heterocycles. The number of rotatable bonds is 1. The molecule has 2 aliphatic carbocycles. The minimum absolute atomic E-state index is 0.271. The normalized spacial score (nSPS) is 35.3. The molecule has 0 aliphatic heterocycles. The van der Waals surface area contributed by atoms with Crippen molar-refractivity contribution in [2.75, 3.05) is 0 Å². The molecule has 0 aromatic carbocycles. The largest absolute Gasteiger partial charge is 0.325 e. The second-order valence-corrected chi connectivity index (χ2v) is 4.07. The van der Waals surface area contributed by atoms with Crippen molar-refractivity contribution in [3.63, 3.8) is 0 Å². The monoisotopic (exact) mass is 125 g/mol. The van der Waals surface area contributed by atoms with E-state index in [1.165, 1.54) is 32.1 Å². The molecule has 1 nitrogen and oxygen atoms in total. The van der Waals surface area contributed by atoms with Gasteiger partial charge in [-0.15, -0.1) is 0 Å². The van der Waals surface area contributed by atoms with Crippen molar-refractivity contribution in [1.29, 1.82) is 0 Å². The molecule has 2 rings (SSSR count). The highest BCUT2D eigenvalue weighted by atomic mass is 14.9. The molecule has 52 valence electrons. The van der Waals surface area contributed by atoms with Gasteiger partial charge in [-0.05, 0) is 37.5 Å². The predicted molar refractivity (Wildman–Crippen MR) is 38.1 cm³/mol. The fraction of sp³-hybridized carbons (Fsp3) is 1.00. The van der Waals surface area contributed by atoms with Gasteiger partial charge in [-0.25, -0.2) is 0 Å². The molecule has 0 radical (unpaired) electrons. The Morgan fingerprint density at radius 2 is 1.67 bits per heavy atom. The van der Waals surface area contributed by atoms with Gasteiger partial charge < -0.3 is 5.73 Å². The van der Waals surface area contributed by atoms with Crippen molar-refractivity contribution in [3.05, 3.63) is 0 Å². The van der Waals surface area contributed by atoms with E-state index < -0.39 is 0 Å². The topological polar surface area (TPSA) is 26.0 Å². The number of hydrogen-bond donors (Lipinski definition) is 1. The van der Waals surface area contributed by atoms with E-state index in [4.69, 9.17) is 5.73 Å². The van der Waals surface area contributed by atoms with Crippen LogP contribution in [0.3, 0.4) is 0 Å². The SMILES string of the molecule is CC1(C2(N)CCC2)CC1. The van der Waals surface area contributed by atoms with Crippen LogP contribution in [0.2, 0.25) is 0 Å². The smallest absolute Gasteiger partial charge is 0.0208 e. The molecule has 0 unspecified atom stereocenters. The molecule has 0 aromatic rings. The van der Waals surface area contributed by atoms with Gasteiger partial charge in [-0.3, -0.25) is 0 Å². The number of nitrogens with two attached hydrogens (primary N) is 1. The van der Waals surface area contributed by atoms with Crippen LogP contribution >= 0.6 is 0 Å². The molecule has 0 atom stereocenters. The minimum Gasteiger partial charge on any atom is -0.325 e. The summed E-state index contributed by atoms with van der Waals surface area (Å²) >= 11 is 0. The lowest BCUT2D eigenvalue weighted by Gasteiger charge is -2.44. The summed E-state index contributed by atoms with van der Waals surface area (Å²) in [7, 11) is 0. The van der Waals surface area contributed by atoms with Gasteiger partial charge in [0.1, 0.15) is 0 Å². The zero-order chi connectivity index (χ0) is 6.54. The summed E-state index contributed by atoms with van der Waals surface area (Å²) in [5.41, 5.74) is 6.97. The van der Waals surface area contributed by atoms with Gasteiger partial charge in [0.05, 0.1) is 0 Å². The van der Waals surface area contributed by atoms with Gasteiger partial charge in [0.15, 0.2) is 0 Å². The van der Waals surface area contributed by atoms with Crippen molar-refractivity contribution in [2.45, 2.75) is 44.6 Å². The molecule has 2 fully saturated rings. The highest BCUT2D eigenvalue weighted by Gasteiger charge is 2.55. The van der Waals surface area contributed by atoms with E-state index in [-0.39, 0.29) is 5.54 Å². The van der Waals surface area contributed by atoms with E-state index in [1.54, 1.807) is 0 Å². The van der Waals surface area contributed by atoms with Crippen molar-refractivity contribution in [3.8, 4) is 0 Å². The van der Waals surface area contributed by atoms with Gasteiger partial charge >= 0.3 is 0 Å². The lowest BCUT2D eigenvalue weighted by atomic mass is 9.67. The first-order valence-corrected chi connectivity index (χ1v) is 3.95. The first kappa shape index (κ1) is 5.72. The summed E-state index contributed by atoms with van der Waals surface area (Å²) in [4.78, 5) is 0. The summed E-state index contributed by atoms with van der Waals surface area (Å²) in [5, 5.41) is 0. The lowest BCUT2D eigenvalue weighted by Crippen LogP contribution is -2.53. The summed E-state index contributed by atoms with van der Waals surface area (Å²) in [6.45, 7) is 2.34. The molecule has 1 heteroatoms. The van der Waals surface area contributed by atoms with E-state index >= 15 is 0 Å². The highest BCUT2D eigenvalue weighted by molar-refractivity contribution is 5.12. The molecule has 0 saturated heterocycles. The maximum atomic E-state index is 6.14. The molecule has 0 heterocycles. The Morgan fingerprint density at radius 3 is 1.78 bits per heavy atom. The van der Waals surface area contributed by atoms with Crippen molar-refractivity contribution >= 4 is 0 Å². The average Bonchev–Trinajstić information content (AvgIpc) is 2.43. The third-order valence-corrected chi connectivity index (χ3v) is 3.45. The molecular formula is C8H15N. The minimum atomic E-state index is 0.271.